The topological polar surface area (TPSA) is 124 Å². The van der Waals surface area contributed by atoms with Gasteiger partial charge in [0.2, 0.25) is 0 Å². The van der Waals surface area contributed by atoms with Crippen LogP contribution in [-0.4, -0.2) is 63.7 Å². The van der Waals surface area contributed by atoms with Gasteiger partial charge in [-0.2, -0.15) is 0 Å². The Morgan fingerprint density at radius 3 is 2.26 bits per heavy atom. The molecule has 0 unspecified atom stereocenters. The van der Waals surface area contributed by atoms with Gasteiger partial charge in [0.1, 0.15) is 31.0 Å². The lowest BCUT2D eigenvalue weighted by molar-refractivity contribution is -0.156. The fraction of sp³-hybridized carbons (Fsp3) is 0.875. The molecule has 0 bridgehead atoms. The highest BCUT2D eigenvalue weighted by Crippen LogP contribution is 2.09. The van der Waals surface area contributed by atoms with Gasteiger partial charge in [0, 0.05) is 7.79 Å². The Hall–Kier alpha value is -1.02. The summed E-state index contributed by atoms with van der Waals surface area (Å²) in [6.45, 7) is -0.0483. The van der Waals surface area contributed by atoms with Gasteiger partial charge in [-0.05, 0) is 6.42 Å². The highest BCUT2D eigenvalue weighted by Gasteiger charge is 2.30. The summed E-state index contributed by atoms with van der Waals surface area (Å²) in [7, 11) is 0. The lowest BCUT2D eigenvalue weighted by Gasteiger charge is -2.23. The number of unbranched alkanes of at least 4 members (excludes halogenated alkanes) is 6. The van der Waals surface area contributed by atoms with Crippen LogP contribution < -0.4 is 0 Å². The highest BCUT2D eigenvalue weighted by atomic mass is 16.5. The van der Waals surface area contributed by atoms with Crippen LogP contribution in [-0.2, 0) is 14.3 Å². The Balaban J connectivity index is 3.72. The Kier molecular flexibility index (Phi) is 11.7. The molecule has 4 atom stereocenters. The lowest BCUT2D eigenvalue weighted by atomic mass is 10.0. The number of ether oxygens (including phenoxy) is 1. The van der Waals surface area contributed by atoms with Crippen molar-refractivity contribution in [3.63, 3.8) is 0 Å². The normalized spacial score (nSPS) is 17.0. The molecule has 7 heteroatoms. The van der Waals surface area contributed by atoms with Crippen LogP contribution in [0, 0.1) is 0 Å². The van der Waals surface area contributed by atoms with Gasteiger partial charge in [0.15, 0.2) is 6.29 Å². The molecular weight excluding hydrogens is 304 g/mol. The molecule has 0 heterocycles. The quantitative estimate of drug-likeness (QED) is 0.205. The SMILES string of the molecule is [2H]CCCCCCCCCC(=O)OC[C@@H](O)[C@@H](O)[C@H](O)[C@@H](O)C=O. The zero-order valence-electron chi connectivity index (χ0n) is 14.5. The molecule has 0 amide bonds. The summed E-state index contributed by atoms with van der Waals surface area (Å²) >= 11 is 0. The zero-order chi connectivity index (χ0) is 18.4. The van der Waals surface area contributed by atoms with E-state index < -0.39 is 37.0 Å². The molecule has 0 saturated heterocycles. The van der Waals surface area contributed by atoms with Gasteiger partial charge >= 0.3 is 5.97 Å². The third-order valence-corrected chi connectivity index (χ3v) is 3.53. The van der Waals surface area contributed by atoms with E-state index in [1.54, 1.807) is 0 Å². The standard InChI is InChI=1S/C16H30O7/c1-2-3-4-5-6-7-8-9-14(20)23-11-13(19)16(22)15(21)12(18)10-17/h10,12-13,15-16,18-19,21-22H,2-9,11H2,1H3/t12-,13+,15+,16+/m0/s1/i1D. The highest BCUT2D eigenvalue weighted by molar-refractivity contribution is 5.69. The first-order valence-corrected chi connectivity index (χ1v) is 8.06. The van der Waals surface area contributed by atoms with Crippen molar-refractivity contribution in [1.29, 1.82) is 0 Å². The third-order valence-electron chi connectivity index (χ3n) is 3.53. The average molecular weight is 335 g/mol. The maximum Gasteiger partial charge on any atom is 0.305 e. The minimum Gasteiger partial charge on any atom is -0.463 e. The van der Waals surface area contributed by atoms with Crippen LogP contribution in [0.15, 0.2) is 0 Å². The van der Waals surface area contributed by atoms with Crippen molar-refractivity contribution in [2.75, 3.05) is 6.61 Å². The summed E-state index contributed by atoms with van der Waals surface area (Å²) in [5.74, 6) is -0.513. The van der Waals surface area contributed by atoms with Crippen LogP contribution in [0.5, 0.6) is 0 Å². The number of aliphatic hydroxyl groups excluding tert-OH is 4. The first kappa shape index (κ1) is 20.0. The molecule has 4 N–H and O–H groups in total. The van der Waals surface area contributed by atoms with E-state index in [2.05, 4.69) is 0 Å². The van der Waals surface area contributed by atoms with E-state index >= 15 is 0 Å². The Bertz CT molecular complexity index is 340. The van der Waals surface area contributed by atoms with Gasteiger partial charge in [-0.15, -0.1) is 0 Å². The van der Waals surface area contributed by atoms with Crippen molar-refractivity contribution < 1.29 is 36.1 Å². The summed E-state index contributed by atoms with van der Waals surface area (Å²) in [5.41, 5.74) is 0. The molecule has 0 saturated carbocycles. The van der Waals surface area contributed by atoms with Crippen LogP contribution in [0.4, 0.5) is 0 Å². The van der Waals surface area contributed by atoms with Crippen LogP contribution in [0.1, 0.15) is 59.6 Å². The monoisotopic (exact) mass is 335 g/mol. The van der Waals surface area contributed by atoms with Gasteiger partial charge in [-0.25, -0.2) is 0 Å². The van der Waals surface area contributed by atoms with Crippen molar-refractivity contribution in [1.82, 2.24) is 0 Å². The zero-order valence-corrected chi connectivity index (χ0v) is 13.5. The van der Waals surface area contributed by atoms with E-state index in [1.165, 1.54) is 0 Å². The van der Waals surface area contributed by atoms with E-state index in [9.17, 15) is 24.9 Å². The maximum atomic E-state index is 11.5. The molecule has 7 nitrogen and oxygen atoms in total. The van der Waals surface area contributed by atoms with Gasteiger partial charge in [-0.3, -0.25) is 4.79 Å². The van der Waals surface area contributed by atoms with Crippen molar-refractivity contribution in [2.45, 2.75) is 82.7 Å². The third kappa shape index (κ3) is 10.4. The Morgan fingerprint density at radius 1 is 1.04 bits per heavy atom. The lowest BCUT2D eigenvalue weighted by Crippen LogP contribution is -2.46. The summed E-state index contributed by atoms with van der Waals surface area (Å²) in [6.07, 6.45) is -0.0328. The molecule has 0 aromatic heterocycles. The molecule has 0 aliphatic rings. The molecule has 0 aromatic rings. The first-order valence-electron chi connectivity index (χ1n) is 8.77. The summed E-state index contributed by atoms with van der Waals surface area (Å²) < 4.78 is 11.8. The first-order chi connectivity index (χ1) is 11.4. The molecule has 0 aliphatic heterocycles. The second-order valence-electron chi connectivity index (χ2n) is 5.58. The maximum absolute atomic E-state index is 11.5. The number of esters is 1. The molecule has 0 aliphatic carbocycles. The number of aldehydes is 1. The fourth-order valence-corrected chi connectivity index (χ4v) is 2.01. The number of rotatable bonds is 14. The molecule has 23 heavy (non-hydrogen) atoms. The fourth-order valence-electron chi connectivity index (χ4n) is 2.01. The minimum absolute atomic E-state index is 0.0412. The van der Waals surface area contributed by atoms with E-state index in [1.807, 2.05) is 0 Å². The smallest absolute Gasteiger partial charge is 0.305 e. The summed E-state index contributed by atoms with van der Waals surface area (Å²) in [5, 5.41) is 37.5. The van der Waals surface area contributed by atoms with Crippen molar-refractivity contribution >= 4 is 12.3 Å². The van der Waals surface area contributed by atoms with E-state index in [-0.39, 0.29) is 12.7 Å². The predicted octanol–water partition coefficient (Wildman–Crippen LogP) is 0.313. The van der Waals surface area contributed by atoms with E-state index in [0.29, 0.717) is 13.3 Å². The molecule has 136 valence electrons. The molecule has 0 rings (SSSR count). The van der Waals surface area contributed by atoms with Crippen molar-refractivity contribution in [3.05, 3.63) is 0 Å². The van der Waals surface area contributed by atoms with Crippen molar-refractivity contribution in [3.8, 4) is 0 Å². The largest absolute Gasteiger partial charge is 0.463 e. The van der Waals surface area contributed by atoms with Gasteiger partial charge < -0.3 is 30.0 Å². The molecular formula is C16H30O7. The molecule has 0 radical (unpaired) electrons. The Morgan fingerprint density at radius 2 is 1.65 bits per heavy atom. The van der Waals surface area contributed by atoms with E-state index in [4.69, 9.17) is 11.2 Å². The van der Waals surface area contributed by atoms with Crippen molar-refractivity contribution in [2.24, 2.45) is 0 Å². The molecule has 0 aromatic carbocycles. The summed E-state index contributed by atoms with van der Waals surface area (Å²) in [6, 6.07) is 0. The number of carbonyl (C=O) groups excluding carboxylic acids is 2. The van der Waals surface area contributed by atoms with E-state index in [0.717, 1.165) is 38.5 Å². The van der Waals surface area contributed by atoms with Crippen LogP contribution in [0.25, 0.3) is 0 Å². The van der Waals surface area contributed by atoms with Crippen LogP contribution in [0.3, 0.4) is 0 Å². The van der Waals surface area contributed by atoms with Crippen LogP contribution in [0.2, 0.25) is 0 Å². The van der Waals surface area contributed by atoms with Crippen LogP contribution >= 0.6 is 0 Å². The minimum atomic E-state index is -1.84. The number of hydrogen-bond donors (Lipinski definition) is 4. The average Bonchev–Trinajstić information content (AvgIpc) is 2.59. The van der Waals surface area contributed by atoms with Gasteiger partial charge in [0.25, 0.3) is 0 Å². The predicted molar refractivity (Wildman–Crippen MR) is 83.7 cm³/mol. The number of hydrogen-bond acceptors (Lipinski definition) is 7. The number of aliphatic hydroxyl groups is 4. The molecule has 0 spiro atoms. The summed E-state index contributed by atoms with van der Waals surface area (Å²) in [4.78, 5) is 21.8. The second-order valence-corrected chi connectivity index (χ2v) is 5.58. The molecule has 0 fully saturated rings. The second kappa shape index (κ2) is 13.4. The van der Waals surface area contributed by atoms with Gasteiger partial charge in [0.05, 0.1) is 0 Å². The van der Waals surface area contributed by atoms with Gasteiger partial charge in [-0.1, -0.05) is 45.4 Å². The Labute approximate surface area is 138 Å². The number of carbonyl (C=O) groups is 2.